The first-order chi connectivity index (χ1) is 13.0. The van der Waals surface area contributed by atoms with E-state index in [0.29, 0.717) is 11.7 Å². The van der Waals surface area contributed by atoms with Crippen LogP contribution in [0.3, 0.4) is 0 Å². The highest BCUT2D eigenvalue weighted by molar-refractivity contribution is 7.13. The van der Waals surface area contributed by atoms with Gasteiger partial charge < -0.3 is 4.74 Å². The quantitative estimate of drug-likeness (QED) is 0.626. The second-order valence-electron chi connectivity index (χ2n) is 5.92. The normalized spacial score (nSPS) is 10.9. The van der Waals surface area contributed by atoms with Crippen LogP contribution in [0, 0.1) is 6.92 Å². The van der Waals surface area contributed by atoms with Gasteiger partial charge in [-0.3, -0.25) is 24.0 Å². The number of thiazole rings is 1. The lowest BCUT2D eigenvalue weighted by molar-refractivity contribution is -0.147. The molecule has 0 fully saturated rings. The van der Waals surface area contributed by atoms with Crippen molar-refractivity contribution in [1.29, 1.82) is 0 Å². The van der Waals surface area contributed by atoms with Gasteiger partial charge in [0.05, 0.1) is 23.1 Å². The van der Waals surface area contributed by atoms with Crippen LogP contribution in [0.2, 0.25) is 0 Å². The fourth-order valence-corrected chi connectivity index (χ4v) is 3.49. The number of para-hydroxylation sites is 2. The largest absolute Gasteiger partial charge is 0.456 e. The minimum atomic E-state index is -0.541. The average molecular weight is 388 g/mol. The molecule has 142 valence electrons. The van der Waals surface area contributed by atoms with Crippen molar-refractivity contribution in [1.82, 2.24) is 14.1 Å². The summed E-state index contributed by atoms with van der Waals surface area (Å²) < 4.78 is 8.20. The first-order valence-corrected chi connectivity index (χ1v) is 9.43. The van der Waals surface area contributed by atoms with Crippen molar-refractivity contribution in [2.45, 2.75) is 33.4 Å². The van der Waals surface area contributed by atoms with E-state index in [1.807, 2.05) is 43.5 Å². The summed E-state index contributed by atoms with van der Waals surface area (Å²) in [6, 6.07) is 7.44. The van der Waals surface area contributed by atoms with Crippen LogP contribution in [-0.2, 0) is 27.4 Å². The summed E-state index contributed by atoms with van der Waals surface area (Å²) in [7, 11) is 0. The Morgan fingerprint density at radius 2 is 1.93 bits per heavy atom. The molecule has 0 bridgehead atoms. The Bertz CT molecular complexity index is 1030. The van der Waals surface area contributed by atoms with Crippen molar-refractivity contribution >= 4 is 39.4 Å². The van der Waals surface area contributed by atoms with Crippen LogP contribution in [0.1, 0.15) is 19.0 Å². The number of hydrogen-bond acceptors (Lipinski definition) is 6. The molecule has 0 aliphatic rings. The topological polar surface area (TPSA) is 95.2 Å². The first kappa shape index (κ1) is 18.8. The molecule has 2 heterocycles. The van der Waals surface area contributed by atoms with Gasteiger partial charge >= 0.3 is 11.7 Å². The number of ether oxygens (including phenoxy) is 1. The van der Waals surface area contributed by atoms with E-state index in [2.05, 4.69) is 10.3 Å². The summed E-state index contributed by atoms with van der Waals surface area (Å²) in [4.78, 5) is 40.4. The Kier molecular flexibility index (Phi) is 5.70. The summed E-state index contributed by atoms with van der Waals surface area (Å²) in [5.74, 6) is -0.988. The Labute approximate surface area is 159 Å². The number of carbonyl (C=O) groups is 2. The number of rotatable bonds is 7. The second kappa shape index (κ2) is 8.17. The minimum Gasteiger partial charge on any atom is -0.456 e. The van der Waals surface area contributed by atoms with Crippen LogP contribution in [0.4, 0.5) is 5.13 Å². The molecule has 0 atom stereocenters. The summed E-state index contributed by atoms with van der Waals surface area (Å²) in [6.45, 7) is 4.08. The van der Waals surface area contributed by atoms with Gasteiger partial charge in [-0.2, -0.15) is 0 Å². The number of nitrogens with one attached hydrogen (secondary N) is 1. The highest BCUT2D eigenvalue weighted by atomic mass is 32.1. The molecule has 0 saturated carbocycles. The molecule has 3 aromatic rings. The Morgan fingerprint density at radius 1 is 1.22 bits per heavy atom. The van der Waals surface area contributed by atoms with E-state index in [9.17, 15) is 14.4 Å². The number of amides is 1. The molecule has 8 nitrogen and oxygen atoms in total. The number of imidazole rings is 1. The van der Waals surface area contributed by atoms with Crippen LogP contribution < -0.4 is 11.0 Å². The fraction of sp³-hybridized carbons (Fsp3) is 0.333. The summed E-state index contributed by atoms with van der Waals surface area (Å²) in [5, 5.41) is 4.85. The molecule has 0 radical (unpaired) electrons. The molecule has 0 aliphatic carbocycles. The maximum atomic E-state index is 12.5. The third kappa shape index (κ3) is 4.25. The molecule has 9 heteroatoms. The molecule has 0 unspecified atom stereocenters. The Balaban J connectivity index is 1.56. The number of benzene rings is 1. The molecule has 0 spiro atoms. The predicted molar refractivity (Wildman–Crippen MR) is 103 cm³/mol. The van der Waals surface area contributed by atoms with Crippen molar-refractivity contribution in [3.63, 3.8) is 0 Å². The van der Waals surface area contributed by atoms with Crippen molar-refractivity contribution in [2.24, 2.45) is 0 Å². The van der Waals surface area contributed by atoms with E-state index < -0.39 is 11.9 Å². The van der Waals surface area contributed by atoms with E-state index in [1.54, 1.807) is 9.13 Å². The van der Waals surface area contributed by atoms with Gasteiger partial charge in [-0.1, -0.05) is 12.1 Å². The van der Waals surface area contributed by atoms with Gasteiger partial charge in [-0.05, 0) is 26.0 Å². The van der Waals surface area contributed by atoms with E-state index in [-0.39, 0.29) is 25.3 Å². The highest BCUT2D eigenvalue weighted by Crippen LogP contribution is 2.14. The highest BCUT2D eigenvalue weighted by Gasteiger charge is 2.14. The summed E-state index contributed by atoms with van der Waals surface area (Å²) in [6.07, 6.45) is 0.00126. The van der Waals surface area contributed by atoms with Crippen LogP contribution in [0.25, 0.3) is 11.0 Å². The number of carbonyl (C=O) groups excluding carboxylic acids is 2. The maximum Gasteiger partial charge on any atom is 0.329 e. The van der Waals surface area contributed by atoms with Crippen LogP contribution in [-0.4, -0.2) is 32.6 Å². The van der Waals surface area contributed by atoms with Crippen molar-refractivity contribution in [2.75, 3.05) is 11.9 Å². The monoisotopic (exact) mass is 388 g/mol. The van der Waals surface area contributed by atoms with Gasteiger partial charge in [0.15, 0.2) is 11.7 Å². The lowest BCUT2D eigenvalue weighted by atomic mass is 10.3. The molecular formula is C18H20N4O4S. The predicted octanol–water partition coefficient (Wildman–Crippen LogP) is 2.16. The van der Waals surface area contributed by atoms with Gasteiger partial charge in [-0.25, -0.2) is 9.78 Å². The number of fused-ring (bicyclic) bond motifs is 1. The molecule has 1 amide bonds. The standard InChI is InChI=1S/C18H20N4O4S/c1-3-21-13-6-4-5-7-14(13)22(18(21)25)9-8-16(24)26-10-15(23)20-17-19-12(2)11-27-17/h4-7,11H,3,8-10H2,1-2H3,(H,19,20,23). The number of aromatic nitrogens is 3. The summed E-state index contributed by atoms with van der Waals surface area (Å²) in [5.41, 5.74) is 2.25. The van der Waals surface area contributed by atoms with Gasteiger partial charge in [0, 0.05) is 18.5 Å². The zero-order valence-corrected chi connectivity index (χ0v) is 15.9. The molecule has 3 rings (SSSR count). The minimum absolute atomic E-state index is 0.00126. The van der Waals surface area contributed by atoms with E-state index in [4.69, 9.17) is 4.74 Å². The SMILES string of the molecule is CCn1c(=O)n(CCC(=O)OCC(=O)Nc2nc(C)cs2)c2ccccc21. The van der Waals surface area contributed by atoms with Crippen LogP contribution >= 0.6 is 11.3 Å². The van der Waals surface area contributed by atoms with E-state index >= 15 is 0 Å². The number of anilines is 1. The van der Waals surface area contributed by atoms with Gasteiger partial charge in [0.2, 0.25) is 0 Å². The van der Waals surface area contributed by atoms with Crippen molar-refractivity contribution in [3.8, 4) is 0 Å². The lowest BCUT2D eigenvalue weighted by Crippen LogP contribution is -2.26. The molecule has 2 aromatic heterocycles. The molecule has 1 N–H and O–H groups in total. The molecule has 27 heavy (non-hydrogen) atoms. The molecule has 1 aromatic carbocycles. The number of nitrogens with zero attached hydrogens (tertiary/aromatic N) is 3. The smallest absolute Gasteiger partial charge is 0.329 e. The maximum absolute atomic E-state index is 12.5. The third-order valence-corrected chi connectivity index (χ3v) is 4.89. The van der Waals surface area contributed by atoms with Gasteiger partial charge in [0.1, 0.15) is 0 Å². The Hall–Kier alpha value is -2.94. The second-order valence-corrected chi connectivity index (χ2v) is 6.78. The van der Waals surface area contributed by atoms with Crippen LogP contribution in [0.15, 0.2) is 34.4 Å². The summed E-state index contributed by atoms with van der Waals surface area (Å²) >= 11 is 1.30. The van der Waals surface area contributed by atoms with Gasteiger partial charge in [0.25, 0.3) is 5.91 Å². The Morgan fingerprint density at radius 3 is 2.56 bits per heavy atom. The average Bonchev–Trinajstić information content (AvgIpc) is 3.18. The molecule has 0 aliphatic heterocycles. The zero-order valence-electron chi connectivity index (χ0n) is 15.1. The number of esters is 1. The zero-order chi connectivity index (χ0) is 19.4. The fourth-order valence-electron chi connectivity index (χ4n) is 2.78. The number of hydrogen-bond donors (Lipinski definition) is 1. The molecule has 0 saturated heterocycles. The third-order valence-electron chi connectivity index (χ3n) is 4.01. The lowest BCUT2D eigenvalue weighted by Gasteiger charge is -2.05. The van der Waals surface area contributed by atoms with Crippen molar-refractivity contribution < 1.29 is 14.3 Å². The number of aryl methyl sites for hydroxylation is 3. The van der Waals surface area contributed by atoms with Crippen molar-refractivity contribution in [3.05, 3.63) is 45.8 Å². The first-order valence-electron chi connectivity index (χ1n) is 8.55. The van der Waals surface area contributed by atoms with E-state index in [0.717, 1.165) is 16.7 Å². The van der Waals surface area contributed by atoms with E-state index in [1.165, 1.54) is 11.3 Å². The molecular weight excluding hydrogens is 368 g/mol. The van der Waals surface area contributed by atoms with Gasteiger partial charge in [-0.15, -0.1) is 11.3 Å². The van der Waals surface area contributed by atoms with Crippen LogP contribution in [0.5, 0.6) is 0 Å².